The van der Waals surface area contributed by atoms with E-state index in [0.29, 0.717) is 44.7 Å². The van der Waals surface area contributed by atoms with Gasteiger partial charge in [0.1, 0.15) is 5.82 Å². The van der Waals surface area contributed by atoms with Crippen LogP contribution in [0, 0.1) is 5.82 Å². The summed E-state index contributed by atoms with van der Waals surface area (Å²) in [6, 6.07) is 6.60. The average Bonchev–Trinajstić information content (AvgIpc) is 2.52. The lowest BCUT2D eigenvalue weighted by atomic mass is 10.1. The molecule has 0 radical (unpaired) electrons. The Balaban J connectivity index is 1.81. The third kappa shape index (κ3) is 4.79. The first kappa shape index (κ1) is 15.9. The smallest absolute Gasteiger partial charge is 0.223 e. The molecule has 1 aliphatic rings. The van der Waals surface area contributed by atoms with Crippen molar-refractivity contribution in [2.45, 2.75) is 25.4 Å². The fourth-order valence-electron chi connectivity index (χ4n) is 2.47. The number of methoxy groups -OCH3 is 1. The van der Waals surface area contributed by atoms with Gasteiger partial charge in [-0.2, -0.15) is 0 Å². The Hall–Kier alpha value is -1.46. The molecule has 4 nitrogen and oxygen atoms in total. The van der Waals surface area contributed by atoms with Gasteiger partial charge in [0.05, 0.1) is 12.7 Å². The second-order valence-electron chi connectivity index (χ2n) is 5.21. The molecule has 0 N–H and O–H groups in total. The van der Waals surface area contributed by atoms with Crippen molar-refractivity contribution in [2.24, 2.45) is 0 Å². The molecule has 1 heterocycles. The summed E-state index contributed by atoms with van der Waals surface area (Å²) in [5.74, 6) is -0.186. The molecular weight excluding hydrogens is 273 g/mol. The molecule has 0 spiro atoms. The van der Waals surface area contributed by atoms with Crippen LogP contribution in [0.1, 0.15) is 18.4 Å². The quantitative estimate of drug-likeness (QED) is 0.806. The van der Waals surface area contributed by atoms with Crippen LogP contribution in [0.5, 0.6) is 0 Å². The maximum atomic E-state index is 13.5. The molecule has 2 rings (SSSR count). The molecule has 0 aliphatic carbocycles. The molecule has 1 aromatic rings. The molecule has 0 bridgehead atoms. The fourth-order valence-corrected chi connectivity index (χ4v) is 2.47. The van der Waals surface area contributed by atoms with Crippen LogP contribution in [-0.4, -0.2) is 50.3 Å². The highest BCUT2D eigenvalue weighted by molar-refractivity contribution is 5.76. The summed E-state index contributed by atoms with van der Waals surface area (Å²) in [4.78, 5) is 14.0. The molecule has 1 atom stereocenters. The molecule has 1 saturated heterocycles. The molecule has 0 aromatic heterocycles. The first-order valence-corrected chi connectivity index (χ1v) is 7.32. The van der Waals surface area contributed by atoms with Gasteiger partial charge in [-0.05, 0) is 24.5 Å². The number of halogens is 1. The highest BCUT2D eigenvalue weighted by atomic mass is 19.1. The van der Waals surface area contributed by atoms with E-state index in [0.717, 1.165) is 6.42 Å². The third-order valence-corrected chi connectivity index (χ3v) is 3.70. The van der Waals surface area contributed by atoms with Gasteiger partial charge in [0.25, 0.3) is 0 Å². The minimum absolute atomic E-state index is 0.0381. The molecule has 1 fully saturated rings. The van der Waals surface area contributed by atoms with E-state index in [1.807, 2.05) is 4.90 Å². The molecule has 116 valence electrons. The van der Waals surface area contributed by atoms with Crippen LogP contribution in [0.25, 0.3) is 0 Å². The lowest BCUT2D eigenvalue weighted by molar-refractivity contribution is -0.139. The van der Waals surface area contributed by atoms with Crippen LogP contribution in [-0.2, 0) is 20.7 Å². The molecule has 0 unspecified atom stereocenters. The number of rotatable bonds is 6. The first-order chi connectivity index (χ1) is 10.2. The summed E-state index contributed by atoms with van der Waals surface area (Å²) in [5, 5.41) is 0. The van der Waals surface area contributed by atoms with E-state index in [1.165, 1.54) is 6.07 Å². The van der Waals surface area contributed by atoms with Crippen molar-refractivity contribution in [3.05, 3.63) is 35.6 Å². The summed E-state index contributed by atoms with van der Waals surface area (Å²) in [5.41, 5.74) is 0.593. The van der Waals surface area contributed by atoms with E-state index < -0.39 is 0 Å². The van der Waals surface area contributed by atoms with Gasteiger partial charge >= 0.3 is 0 Å². The van der Waals surface area contributed by atoms with E-state index in [9.17, 15) is 9.18 Å². The number of carbonyl (C=O) groups is 1. The predicted octanol–water partition coefficient (Wildman–Crippen LogP) is 2.02. The lowest BCUT2D eigenvalue weighted by Crippen LogP contribution is -2.46. The molecule has 0 saturated carbocycles. The number of nitrogens with zero attached hydrogens (tertiary/aromatic N) is 1. The Labute approximate surface area is 124 Å². The summed E-state index contributed by atoms with van der Waals surface area (Å²) >= 11 is 0. The Morgan fingerprint density at radius 1 is 1.48 bits per heavy atom. The second-order valence-corrected chi connectivity index (χ2v) is 5.21. The van der Waals surface area contributed by atoms with E-state index in [4.69, 9.17) is 9.47 Å². The van der Waals surface area contributed by atoms with Crippen LogP contribution in [0.4, 0.5) is 4.39 Å². The molecule has 1 amide bonds. The maximum Gasteiger partial charge on any atom is 0.223 e. The van der Waals surface area contributed by atoms with Gasteiger partial charge in [-0.15, -0.1) is 0 Å². The minimum atomic E-state index is -0.245. The van der Waals surface area contributed by atoms with Crippen molar-refractivity contribution < 1.29 is 18.7 Å². The van der Waals surface area contributed by atoms with Gasteiger partial charge in [-0.25, -0.2) is 4.39 Å². The number of aryl methyl sites for hydroxylation is 1. The monoisotopic (exact) mass is 295 g/mol. The number of hydrogen-bond donors (Lipinski definition) is 0. The summed E-state index contributed by atoms with van der Waals surface area (Å²) in [6.45, 7) is 2.39. The van der Waals surface area contributed by atoms with Crippen molar-refractivity contribution in [3.63, 3.8) is 0 Å². The van der Waals surface area contributed by atoms with Crippen molar-refractivity contribution >= 4 is 5.91 Å². The van der Waals surface area contributed by atoms with E-state index in [1.54, 1.807) is 25.3 Å². The van der Waals surface area contributed by atoms with Crippen LogP contribution < -0.4 is 0 Å². The summed E-state index contributed by atoms with van der Waals surface area (Å²) in [7, 11) is 1.65. The topological polar surface area (TPSA) is 38.8 Å². The van der Waals surface area contributed by atoms with Crippen molar-refractivity contribution in [3.8, 4) is 0 Å². The first-order valence-electron chi connectivity index (χ1n) is 7.32. The van der Waals surface area contributed by atoms with E-state index >= 15 is 0 Å². The van der Waals surface area contributed by atoms with Crippen LogP contribution in [0.2, 0.25) is 0 Å². The molecular formula is C16H22FNO3. The van der Waals surface area contributed by atoms with Gasteiger partial charge in [-0.3, -0.25) is 4.79 Å². The highest BCUT2D eigenvalue weighted by Gasteiger charge is 2.23. The normalized spacial score (nSPS) is 18.8. The Kier molecular flexibility index (Phi) is 6.14. The second kappa shape index (κ2) is 8.10. The molecule has 1 aromatic carbocycles. The van der Waals surface area contributed by atoms with E-state index in [2.05, 4.69) is 0 Å². The largest absolute Gasteiger partial charge is 0.385 e. The van der Waals surface area contributed by atoms with Gasteiger partial charge in [0.15, 0.2) is 0 Å². The van der Waals surface area contributed by atoms with Gasteiger partial charge in [0.2, 0.25) is 5.91 Å². The zero-order chi connectivity index (χ0) is 15.1. The predicted molar refractivity (Wildman–Crippen MR) is 77.5 cm³/mol. The number of amides is 1. The third-order valence-electron chi connectivity index (χ3n) is 3.70. The van der Waals surface area contributed by atoms with E-state index in [-0.39, 0.29) is 17.8 Å². The average molecular weight is 295 g/mol. The molecule has 21 heavy (non-hydrogen) atoms. The number of morpholine rings is 1. The minimum Gasteiger partial charge on any atom is -0.385 e. The standard InChI is InChI=1S/C16H22FNO3/c1-20-10-8-14-12-18(9-11-21-14)16(19)7-6-13-4-2-3-5-15(13)17/h2-5,14H,6-12H2,1H3/t14-/m1/s1. The number of carbonyl (C=O) groups excluding carboxylic acids is 1. The van der Waals surface area contributed by atoms with Gasteiger partial charge in [0, 0.05) is 33.2 Å². The Bertz CT molecular complexity index is 467. The molecule has 5 heteroatoms. The number of benzene rings is 1. The Morgan fingerprint density at radius 2 is 2.29 bits per heavy atom. The summed E-state index contributed by atoms with van der Waals surface area (Å²) in [6.07, 6.45) is 1.59. The van der Waals surface area contributed by atoms with Gasteiger partial charge in [-0.1, -0.05) is 18.2 Å². The number of ether oxygens (including phenoxy) is 2. The fraction of sp³-hybridized carbons (Fsp3) is 0.562. The van der Waals surface area contributed by atoms with Crippen LogP contribution in [0.15, 0.2) is 24.3 Å². The lowest BCUT2D eigenvalue weighted by Gasteiger charge is -2.33. The number of hydrogen-bond acceptors (Lipinski definition) is 3. The zero-order valence-corrected chi connectivity index (χ0v) is 12.4. The zero-order valence-electron chi connectivity index (χ0n) is 12.4. The van der Waals surface area contributed by atoms with Crippen LogP contribution >= 0.6 is 0 Å². The Morgan fingerprint density at radius 3 is 3.05 bits per heavy atom. The van der Waals surface area contributed by atoms with Crippen molar-refractivity contribution in [1.82, 2.24) is 4.90 Å². The molecule has 1 aliphatic heterocycles. The maximum absolute atomic E-state index is 13.5. The van der Waals surface area contributed by atoms with Crippen molar-refractivity contribution in [2.75, 3.05) is 33.4 Å². The van der Waals surface area contributed by atoms with Crippen LogP contribution in [0.3, 0.4) is 0 Å². The summed E-state index contributed by atoms with van der Waals surface area (Å²) < 4.78 is 24.2. The highest BCUT2D eigenvalue weighted by Crippen LogP contribution is 2.13. The van der Waals surface area contributed by atoms with Crippen molar-refractivity contribution in [1.29, 1.82) is 0 Å². The van der Waals surface area contributed by atoms with Gasteiger partial charge < -0.3 is 14.4 Å². The SMILES string of the molecule is COCC[C@@H]1CN(C(=O)CCc2ccccc2F)CCO1.